The van der Waals surface area contributed by atoms with Gasteiger partial charge in [-0.15, -0.1) is 24.8 Å². The number of phenolic OH excluding ortho intramolecular Hbond substituents is 1. The molecule has 16 heavy (non-hydrogen) atoms. The first-order chi connectivity index (χ1) is 6.52. The number of rotatable bonds is 2. The Labute approximate surface area is 102 Å². The fraction of sp³-hybridized carbons (Fsp3) is 0.111. The Morgan fingerprint density at radius 1 is 1.00 bits per heavy atom. The second-order valence-corrected chi connectivity index (χ2v) is 2.51. The largest absolute Gasteiger partial charge is 0.508 e. The van der Waals surface area contributed by atoms with Gasteiger partial charge in [-0.1, -0.05) is 0 Å². The second kappa shape index (κ2) is 7.35. The molecule has 1 nitrogen and oxygen atoms in total. The van der Waals surface area contributed by atoms with Crippen LogP contribution in [0.3, 0.4) is 0 Å². The molecule has 0 amide bonds. The molecule has 0 aliphatic rings. The molecule has 0 radical (unpaired) electrons. The Morgan fingerprint density at radius 2 is 1.44 bits per heavy atom. The van der Waals surface area contributed by atoms with E-state index in [4.69, 9.17) is 5.11 Å². The van der Waals surface area contributed by atoms with Gasteiger partial charge in [-0.05, 0) is 24.3 Å². The summed E-state index contributed by atoms with van der Waals surface area (Å²) in [6.45, 7) is 0. The van der Waals surface area contributed by atoms with E-state index >= 15 is 0 Å². The van der Waals surface area contributed by atoms with Gasteiger partial charge in [0.05, 0.1) is 0 Å². The minimum atomic E-state index is -3.47. The molecule has 1 aromatic rings. The van der Waals surface area contributed by atoms with Gasteiger partial charge in [-0.25, -0.2) is 17.6 Å². The monoisotopic (exact) mass is 278 g/mol. The standard InChI is InChI=1S/C9H6F4O.2ClH/c10-7(8(11)9(12)13)5-1-3-6(14)4-2-5;;/h1-4,9,14H;2*1H. The first-order valence-corrected chi connectivity index (χ1v) is 3.65. The van der Waals surface area contributed by atoms with E-state index in [-0.39, 0.29) is 36.1 Å². The van der Waals surface area contributed by atoms with Crippen LogP contribution in [-0.2, 0) is 0 Å². The van der Waals surface area contributed by atoms with Crippen LogP contribution in [0.2, 0.25) is 0 Å². The zero-order valence-electron chi connectivity index (χ0n) is 7.66. The summed E-state index contributed by atoms with van der Waals surface area (Å²) in [4.78, 5) is 0. The van der Waals surface area contributed by atoms with Gasteiger partial charge in [0.25, 0.3) is 6.43 Å². The fourth-order valence-corrected chi connectivity index (χ4v) is 0.841. The summed E-state index contributed by atoms with van der Waals surface area (Å²) < 4.78 is 48.7. The minimum absolute atomic E-state index is 0. The van der Waals surface area contributed by atoms with Crippen molar-refractivity contribution in [3.05, 3.63) is 35.7 Å². The Kier molecular flexibility index (Phi) is 8.02. The lowest BCUT2D eigenvalue weighted by Crippen LogP contribution is -1.93. The van der Waals surface area contributed by atoms with Gasteiger partial charge in [0.1, 0.15) is 5.75 Å². The Balaban J connectivity index is 0. The van der Waals surface area contributed by atoms with E-state index in [9.17, 15) is 17.6 Å². The third-order valence-corrected chi connectivity index (χ3v) is 1.52. The molecule has 0 unspecified atom stereocenters. The van der Waals surface area contributed by atoms with Crippen molar-refractivity contribution in [3.8, 4) is 5.75 Å². The highest BCUT2D eigenvalue weighted by atomic mass is 35.5. The highest BCUT2D eigenvalue weighted by Gasteiger charge is 2.18. The summed E-state index contributed by atoms with van der Waals surface area (Å²) in [7, 11) is 0. The third kappa shape index (κ3) is 4.28. The lowest BCUT2D eigenvalue weighted by Gasteiger charge is -2.00. The maximum absolute atomic E-state index is 12.9. The Morgan fingerprint density at radius 3 is 1.81 bits per heavy atom. The Hall–Kier alpha value is -0.940. The normalized spacial score (nSPS) is 11.3. The van der Waals surface area contributed by atoms with Crippen LogP contribution in [0, 0.1) is 0 Å². The number of hydrogen-bond acceptors (Lipinski definition) is 1. The molecule has 0 bridgehead atoms. The molecule has 0 aliphatic heterocycles. The molecule has 1 rings (SSSR count). The summed E-state index contributed by atoms with van der Waals surface area (Å²) in [5, 5.41) is 8.81. The van der Waals surface area contributed by atoms with Crippen LogP contribution in [-0.4, -0.2) is 11.5 Å². The van der Waals surface area contributed by atoms with E-state index in [2.05, 4.69) is 0 Å². The number of phenols is 1. The number of alkyl halides is 2. The van der Waals surface area contributed by atoms with Crippen molar-refractivity contribution >= 4 is 30.6 Å². The van der Waals surface area contributed by atoms with Crippen molar-refractivity contribution in [2.75, 3.05) is 0 Å². The van der Waals surface area contributed by atoms with E-state index in [0.29, 0.717) is 0 Å². The highest BCUT2D eigenvalue weighted by Crippen LogP contribution is 2.26. The highest BCUT2D eigenvalue weighted by molar-refractivity contribution is 5.85. The van der Waals surface area contributed by atoms with Crippen molar-refractivity contribution in [1.29, 1.82) is 0 Å². The van der Waals surface area contributed by atoms with E-state index in [1.54, 1.807) is 0 Å². The first kappa shape index (κ1) is 17.5. The fourth-order valence-electron chi connectivity index (χ4n) is 0.841. The molecule has 1 N–H and O–H groups in total. The molecule has 0 saturated carbocycles. The number of hydrogen-bond donors (Lipinski definition) is 1. The molecule has 0 aromatic heterocycles. The molecule has 0 spiro atoms. The summed E-state index contributed by atoms with van der Waals surface area (Å²) in [6, 6.07) is 4.17. The van der Waals surface area contributed by atoms with Crippen LogP contribution < -0.4 is 0 Å². The predicted octanol–water partition coefficient (Wildman–Crippen LogP) is 4.11. The van der Waals surface area contributed by atoms with Crippen LogP contribution in [0.4, 0.5) is 17.6 Å². The summed E-state index contributed by atoms with van der Waals surface area (Å²) >= 11 is 0. The summed E-state index contributed by atoms with van der Waals surface area (Å²) in [5.74, 6) is -3.87. The molecular weight excluding hydrogens is 271 g/mol. The van der Waals surface area contributed by atoms with Gasteiger partial charge < -0.3 is 5.11 Å². The quantitative estimate of drug-likeness (QED) is 0.808. The van der Waals surface area contributed by atoms with Crippen LogP contribution in [0.5, 0.6) is 5.75 Å². The topological polar surface area (TPSA) is 20.2 Å². The van der Waals surface area contributed by atoms with Crippen molar-refractivity contribution in [2.45, 2.75) is 6.43 Å². The lowest BCUT2D eigenvalue weighted by molar-refractivity contribution is 0.158. The average Bonchev–Trinajstić information content (AvgIpc) is 2.16. The maximum Gasteiger partial charge on any atom is 0.292 e. The van der Waals surface area contributed by atoms with Gasteiger partial charge in [-0.3, -0.25) is 0 Å². The van der Waals surface area contributed by atoms with Crippen LogP contribution >= 0.6 is 24.8 Å². The zero-order chi connectivity index (χ0) is 10.7. The van der Waals surface area contributed by atoms with Crippen LogP contribution in [0.25, 0.3) is 5.83 Å². The SMILES string of the molecule is Cl.Cl.Oc1ccc(C(F)=C(F)C(F)F)cc1. The van der Waals surface area contributed by atoms with Crippen LogP contribution in [0.15, 0.2) is 30.1 Å². The first-order valence-electron chi connectivity index (χ1n) is 3.65. The van der Waals surface area contributed by atoms with Crippen LogP contribution in [0.1, 0.15) is 5.56 Å². The van der Waals surface area contributed by atoms with Gasteiger partial charge in [0, 0.05) is 5.56 Å². The smallest absolute Gasteiger partial charge is 0.292 e. The van der Waals surface area contributed by atoms with E-state index in [1.165, 1.54) is 0 Å². The minimum Gasteiger partial charge on any atom is -0.508 e. The van der Waals surface area contributed by atoms with Gasteiger partial charge in [-0.2, -0.15) is 0 Å². The van der Waals surface area contributed by atoms with E-state index in [0.717, 1.165) is 24.3 Å². The predicted molar refractivity (Wildman–Crippen MR) is 57.7 cm³/mol. The van der Waals surface area contributed by atoms with E-state index < -0.39 is 18.1 Å². The van der Waals surface area contributed by atoms with Crippen molar-refractivity contribution in [1.82, 2.24) is 0 Å². The second-order valence-electron chi connectivity index (χ2n) is 2.51. The third-order valence-electron chi connectivity index (χ3n) is 1.52. The van der Waals surface area contributed by atoms with Gasteiger partial charge in [0.15, 0.2) is 5.83 Å². The summed E-state index contributed by atoms with van der Waals surface area (Å²) in [5.41, 5.74) is -0.333. The average molecular weight is 279 g/mol. The van der Waals surface area contributed by atoms with Gasteiger partial charge in [0.2, 0.25) is 5.83 Å². The molecule has 0 heterocycles. The molecule has 1 aromatic carbocycles. The number of benzene rings is 1. The van der Waals surface area contributed by atoms with Gasteiger partial charge >= 0.3 is 0 Å². The molecule has 0 saturated heterocycles. The number of halogens is 6. The van der Waals surface area contributed by atoms with E-state index in [1.807, 2.05) is 0 Å². The van der Waals surface area contributed by atoms with Crippen molar-refractivity contribution in [3.63, 3.8) is 0 Å². The molecule has 0 aliphatic carbocycles. The number of aromatic hydroxyl groups is 1. The molecule has 7 heteroatoms. The Bertz CT molecular complexity index is 351. The molecule has 0 atom stereocenters. The molecular formula is C9H8Cl2F4O. The molecule has 0 fully saturated rings. The number of allylic oxidation sites excluding steroid dienone is 1. The lowest BCUT2D eigenvalue weighted by atomic mass is 10.2. The zero-order valence-corrected chi connectivity index (χ0v) is 9.30. The van der Waals surface area contributed by atoms with Crippen molar-refractivity contribution in [2.24, 2.45) is 0 Å². The molecule has 92 valence electrons. The summed E-state index contributed by atoms with van der Waals surface area (Å²) in [6.07, 6.45) is -3.47. The van der Waals surface area contributed by atoms with Crippen molar-refractivity contribution < 1.29 is 22.7 Å². The maximum atomic E-state index is 12.9.